The molecule has 2 fully saturated rings. The molecule has 0 bridgehead atoms. The second-order valence-corrected chi connectivity index (χ2v) is 6.83. The monoisotopic (exact) mass is 355 g/mol. The molecule has 0 aliphatic carbocycles. The fourth-order valence-electron chi connectivity index (χ4n) is 3.39. The second-order valence-electron chi connectivity index (χ2n) is 6.83. The minimum absolute atomic E-state index is 0. The van der Waals surface area contributed by atoms with E-state index in [0.29, 0.717) is 38.3 Å². The van der Waals surface area contributed by atoms with Gasteiger partial charge in [0.1, 0.15) is 11.7 Å². The highest BCUT2D eigenvalue weighted by Gasteiger charge is 2.43. The van der Waals surface area contributed by atoms with Gasteiger partial charge in [0.25, 0.3) is 0 Å². The number of hydrogen-bond acceptors (Lipinski definition) is 3. The molecular weight excluding hydrogens is 333 g/mol. The smallest absolute Gasteiger partial charge is 0.239 e. The Kier molecular flexibility index (Phi) is 5.50. The first-order chi connectivity index (χ1) is 10.9. The van der Waals surface area contributed by atoms with Crippen LogP contribution in [0.1, 0.15) is 19.8 Å². The van der Waals surface area contributed by atoms with Gasteiger partial charge in [0.15, 0.2) is 0 Å². The van der Waals surface area contributed by atoms with Crippen molar-refractivity contribution in [2.75, 3.05) is 31.1 Å². The molecule has 3 rings (SSSR count). The van der Waals surface area contributed by atoms with Crippen molar-refractivity contribution in [3.8, 4) is 0 Å². The lowest BCUT2D eigenvalue weighted by molar-refractivity contribution is -0.139. The van der Waals surface area contributed by atoms with Crippen LogP contribution in [0.2, 0.25) is 0 Å². The first kappa shape index (κ1) is 18.7. The normalized spacial score (nSPS) is 26.6. The lowest BCUT2D eigenvalue weighted by atomic mass is 9.90. The Morgan fingerprint density at radius 1 is 1.33 bits per heavy atom. The quantitative estimate of drug-likeness (QED) is 0.841. The summed E-state index contributed by atoms with van der Waals surface area (Å²) in [7, 11) is 0. The Balaban J connectivity index is 0.00000208. The van der Waals surface area contributed by atoms with Crippen molar-refractivity contribution in [1.82, 2.24) is 4.90 Å². The summed E-state index contributed by atoms with van der Waals surface area (Å²) < 4.78 is 13.0. The van der Waals surface area contributed by atoms with Gasteiger partial charge in [0, 0.05) is 25.3 Å². The molecule has 5 nitrogen and oxygen atoms in total. The molecule has 2 unspecified atom stereocenters. The molecule has 0 aromatic heterocycles. The average Bonchev–Trinajstić information content (AvgIpc) is 3.12. The minimum atomic E-state index is -0.625. The van der Waals surface area contributed by atoms with Crippen LogP contribution in [-0.4, -0.2) is 42.9 Å². The molecule has 2 aliphatic heterocycles. The van der Waals surface area contributed by atoms with Crippen LogP contribution in [0.5, 0.6) is 0 Å². The average molecular weight is 356 g/mol. The van der Waals surface area contributed by atoms with Crippen LogP contribution >= 0.6 is 12.4 Å². The van der Waals surface area contributed by atoms with Gasteiger partial charge < -0.3 is 15.5 Å². The highest BCUT2D eigenvalue weighted by atomic mass is 35.5. The predicted octanol–water partition coefficient (Wildman–Crippen LogP) is 1.80. The third kappa shape index (κ3) is 3.39. The molecule has 7 heteroatoms. The van der Waals surface area contributed by atoms with Crippen molar-refractivity contribution in [3.63, 3.8) is 0 Å². The lowest BCUT2D eigenvalue weighted by Gasteiger charge is -2.24. The van der Waals surface area contributed by atoms with E-state index in [1.165, 1.54) is 12.1 Å². The van der Waals surface area contributed by atoms with Crippen molar-refractivity contribution in [2.24, 2.45) is 17.1 Å². The van der Waals surface area contributed by atoms with Gasteiger partial charge in [-0.1, -0.05) is 6.92 Å². The van der Waals surface area contributed by atoms with E-state index in [0.717, 1.165) is 6.42 Å². The zero-order valence-corrected chi connectivity index (χ0v) is 14.5. The fraction of sp³-hybridized carbons (Fsp3) is 0.529. The molecule has 1 aromatic rings. The molecule has 24 heavy (non-hydrogen) atoms. The molecule has 2 atom stereocenters. The van der Waals surface area contributed by atoms with E-state index in [1.54, 1.807) is 21.9 Å². The summed E-state index contributed by atoms with van der Waals surface area (Å²) in [6.07, 6.45) is 1.38. The van der Waals surface area contributed by atoms with Crippen LogP contribution in [0, 0.1) is 17.2 Å². The van der Waals surface area contributed by atoms with Gasteiger partial charge in [-0.05, 0) is 49.1 Å². The Morgan fingerprint density at radius 3 is 2.58 bits per heavy atom. The Labute approximate surface area is 147 Å². The number of halogens is 2. The number of nitrogens with zero attached hydrogens (tertiary/aromatic N) is 2. The van der Waals surface area contributed by atoms with E-state index in [1.807, 2.05) is 0 Å². The number of benzene rings is 1. The van der Waals surface area contributed by atoms with Crippen LogP contribution in [0.3, 0.4) is 0 Å². The Bertz CT molecular complexity index is 625. The van der Waals surface area contributed by atoms with Crippen molar-refractivity contribution in [1.29, 1.82) is 0 Å². The summed E-state index contributed by atoms with van der Waals surface area (Å²) >= 11 is 0. The number of rotatable bonds is 3. The predicted molar refractivity (Wildman–Crippen MR) is 92.5 cm³/mol. The van der Waals surface area contributed by atoms with Gasteiger partial charge in [-0.3, -0.25) is 9.59 Å². The second kappa shape index (κ2) is 7.07. The number of anilines is 1. The molecule has 0 spiro atoms. The van der Waals surface area contributed by atoms with E-state index in [9.17, 15) is 14.0 Å². The molecule has 2 N–H and O–H groups in total. The molecule has 0 radical (unpaired) electrons. The molecule has 2 aliphatic rings. The summed E-state index contributed by atoms with van der Waals surface area (Å²) in [6, 6.07) is 5.79. The van der Waals surface area contributed by atoms with Crippen LogP contribution < -0.4 is 10.6 Å². The zero-order valence-electron chi connectivity index (χ0n) is 13.7. The van der Waals surface area contributed by atoms with Gasteiger partial charge in [0.2, 0.25) is 11.8 Å². The van der Waals surface area contributed by atoms with Gasteiger partial charge in [-0.25, -0.2) is 4.39 Å². The maximum Gasteiger partial charge on any atom is 0.239 e. The highest BCUT2D eigenvalue weighted by molar-refractivity contribution is 6.09. The summed E-state index contributed by atoms with van der Waals surface area (Å²) in [5, 5.41) is 0. The van der Waals surface area contributed by atoms with Crippen LogP contribution in [0.15, 0.2) is 24.3 Å². The molecule has 2 heterocycles. The van der Waals surface area contributed by atoms with Crippen molar-refractivity contribution >= 4 is 29.9 Å². The number of hydrogen-bond donors (Lipinski definition) is 1. The van der Waals surface area contributed by atoms with Gasteiger partial charge in [-0.2, -0.15) is 0 Å². The summed E-state index contributed by atoms with van der Waals surface area (Å²) in [6.45, 7) is 4.37. The maximum atomic E-state index is 13.0. The van der Waals surface area contributed by atoms with Crippen molar-refractivity contribution < 1.29 is 14.0 Å². The number of carbonyl (C=O) groups is 2. The first-order valence-corrected chi connectivity index (χ1v) is 7.99. The van der Waals surface area contributed by atoms with E-state index in [4.69, 9.17) is 5.73 Å². The third-order valence-electron chi connectivity index (χ3n) is 5.00. The van der Waals surface area contributed by atoms with Crippen molar-refractivity contribution in [3.05, 3.63) is 30.1 Å². The number of carbonyl (C=O) groups excluding carboxylic acids is 2. The van der Waals surface area contributed by atoms with Crippen molar-refractivity contribution in [2.45, 2.75) is 19.8 Å². The SMILES string of the molecule is CC1(CN)CCN(C(=O)C2CCN(c3ccc(F)cc3)C2=O)C1.Cl. The zero-order chi connectivity index (χ0) is 16.6. The molecule has 2 amide bonds. The first-order valence-electron chi connectivity index (χ1n) is 7.99. The number of amides is 2. The molecule has 2 saturated heterocycles. The molecule has 0 saturated carbocycles. The van der Waals surface area contributed by atoms with Gasteiger partial charge in [-0.15, -0.1) is 12.4 Å². The van der Waals surface area contributed by atoms with E-state index in [2.05, 4.69) is 6.92 Å². The van der Waals surface area contributed by atoms with E-state index >= 15 is 0 Å². The van der Waals surface area contributed by atoms with E-state index < -0.39 is 5.92 Å². The summed E-state index contributed by atoms with van der Waals surface area (Å²) in [5.74, 6) is -1.26. The molecule has 132 valence electrons. The number of nitrogens with two attached hydrogens (primary N) is 1. The maximum absolute atomic E-state index is 13.0. The third-order valence-corrected chi connectivity index (χ3v) is 5.00. The largest absolute Gasteiger partial charge is 0.341 e. The Hall–Kier alpha value is -1.66. The van der Waals surface area contributed by atoms with E-state index in [-0.39, 0.29) is 35.5 Å². The standard InChI is InChI=1S/C17H22FN3O2.ClH/c1-17(10-19)7-9-20(11-17)15(22)14-6-8-21(16(14)23)13-4-2-12(18)3-5-13;/h2-5,14H,6-11,19H2,1H3;1H. The fourth-order valence-corrected chi connectivity index (χ4v) is 3.39. The minimum Gasteiger partial charge on any atom is -0.341 e. The number of likely N-dealkylation sites (tertiary alicyclic amines) is 1. The van der Waals surface area contributed by atoms with Gasteiger partial charge in [0.05, 0.1) is 0 Å². The van der Waals surface area contributed by atoms with Crippen LogP contribution in [0.25, 0.3) is 0 Å². The Morgan fingerprint density at radius 2 is 2.00 bits per heavy atom. The lowest BCUT2D eigenvalue weighted by Crippen LogP contribution is -2.40. The molecular formula is C17H23ClFN3O2. The van der Waals surface area contributed by atoms with Crippen LogP contribution in [0.4, 0.5) is 10.1 Å². The molecule has 1 aromatic carbocycles. The van der Waals surface area contributed by atoms with Crippen LogP contribution in [-0.2, 0) is 9.59 Å². The summed E-state index contributed by atoms with van der Waals surface area (Å²) in [5.41, 5.74) is 6.37. The highest BCUT2D eigenvalue weighted by Crippen LogP contribution is 2.32. The van der Waals surface area contributed by atoms with Gasteiger partial charge >= 0.3 is 0 Å². The summed E-state index contributed by atoms with van der Waals surface area (Å²) in [4.78, 5) is 28.6. The topological polar surface area (TPSA) is 66.6 Å².